The predicted molar refractivity (Wildman–Crippen MR) is 91.5 cm³/mol. The third-order valence-corrected chi connectivity index (χ3v) is 3.74. The standard InChI is InChI=1S/C15H12Cl3N3O2/c1-9(23-14-6-12(17)11(16)5-13(14)18)15(22)21-20-8-10-3-2-4-19-7-10/h2-9H,1H3,(H,21,22)/b20-8-. The molecule has 0 fully saturated rings. The molecule has 1 N–H and O–H groups in total. The molecular weight excluding hydrogens is 361 g/mol. The monoisotopic (exact) mass is 371 g/mol. The van der Waals surface area contributed by atoms with Gasteiger partial charge in [-0.05, 0) is 19.1 Å². The van der Waals surface area contributed by atoms with Gasteiger partial charge in [-0.3, -0.25) is 9.78 Å². The van der Waals surface area contributed by atoms with Crippen molar-refractivity contribution in [3.8, 4) is 5.75 Å². The van der Waals surface area contributed by atoms with E-state index in [0.29, 0.717) is 5.02 Å². The van der Waals surface area contributed by atoms with Crippen LogP contribution in [0.25, 0.3) is 0 Å². The number of carbonyl (C=O) groups excluding carboxylic acids is 1. The van der Waals surface area contributed by atoms with Crippen LogP contribution in [0, 0.1) is 0 Å². The van der Waals surface area contributed by atoms with E-state index in [4.69, 9.17) is 39.5 Å². The van der Waals surface area contributed by atoms with Gasteiger partial charge in [-0.15, -0.1) is 0 Å². The molecule has 1 aromatic carbocycles. The van der Waals surface area contributed by atoms with Gasteiger partial charge in [0.2, 0.25) is 0 Å². The molecule has 2 rings (SSSR count). The Kier molecular flexibility index (Phi) is 6.21. The first kappa shape index (κ1) is 17.5. The maximum absolute atomic E-state index is 11.9. The fourth-order valence-corrected chi connectivity index (χ4v) is 2.13. The SMILES string of the molecule is CC(Oc1cc(Cl)c(Cl)cc1Cl)C(=O)N/N=C\c1cccnc1. The largest absolute Gasteiger partial charge is 0.479 e. The summed E-state index contributed by atoms with van der Waals surface area (Å²) in [7, 11) is 0. The molecule has 0 spiro atoms. The second-order valence-corrected chi connectivity index (χ2v) is 5.70. The molecule has 1 heterocycles. The number of aromatic nitrogens is 1. The number of hydrazone groups is 1. The zero-order valence-corrected chi connectivity index (χ0v) is 14.2. The lowest BCUT2D eigenvalue weighted by molar-refractivity contribution is -0.127. The van der Waals surface area contributed by atoms with Gasteiger partial charge in [0.15, 0.2) is 6.10 Å². The van der Waals surface area contributed by atoms with Crippen LogP contribution in [0.15, 0.2) is 41.8 Å². The number of ether oxygens (including phenoxy) is 1. The molecule has 1 aromatic heterocycles. The fourth-order valence-electron chi connectivity index (χ4n) is 1.55. The van der Waals surface area contributed by atoms with Crippen molar-refractivity contribution in [2.24, 2.45) is 5.10 Å². The Morgan fingerprint density at radius 3 is 2.74 bits per heavy atom. The van der Waals surface area contributed by atoms with Crippen LogP contribution in [-0.2, 0) is 4.79 Å². The minimum atomic E-state index is -0.823. The summed E-state index contributed by atoms with van der Waals surface area (Å²) < 4.78 is 5.47. The van der Waals surface area contributed by atoms with Crippen LogP contribution in [-0.4, -0.2) is 23.2 Å². The van der Waals surface area contributed by atoms with Gasteiger partial charge in [0.05, 0.1) is 21.3 Å². The molecule has 0 radical (unpaired) electrons. The van der Waals surface area contributed by atoms with Crippen molar-refractivity contribution in [3.05, 3.63) is 57.3 Å². The number of nitrogens with one attached hydrogen (secondary N) is 1. The van der Waals surface area contributed by atoms with Gasteiger partial charge < -0.3 is 4.74 Å². The second kappa shape index (κ2) is 8.15. The lowest BCUT2D eigenvalue weighted by atomic mass is 10.3. The minimum Gasteiger partial charge on any atom is -0.479 e. The van der Waals surface area contributed by atoms with Crippen molar-refractivity contribution in [1.82, 2.24) is 10.4 Å². The third kappa shape index (κ3) is 5.10. The summed E-state index contributed by atoms with van der Waals surface area (Å²) >= 11 is 17.7. The maximum Gasteiger partial charge on any atom is 0.280 e. The molecule has 0 aliphatic rings. The summed E-state index contributed by atoms with van der Waals surface area (Å²) in [6, 6.07) is 6.47. The molecule has 1 atom stereocenters. The molecule has 0 aliphatic heterocycles. The topological polar surface area (TPSA) is 63.6 Å². The zero-order chi connectivity index (χ0) is 16.8. The maximum atomic E-state index is 11.9. The Morgan fingerprint density at radius 1 is 1.30 bits per heavy atom. The number of carbonyl (C=O) groups is 1. The molecule has 5 nitrogen and oxygen atoms in total. The molecule has 23 heavy (non-hydrogen) atoms. The van der Waals surface area contributed by atoms with Crippen LogP contribution >= 0.6 is 34.8 Å². The lowest BCUT2D eigenvalue weighted by Crippen LogP contribution is -2.33. The number of nitrogens with zero attached hydrogens (tertiary/aromatic N) is 2. The smallest absolute Gasteiger partial charge is 0.280 e. The number of halogens is 3. The molecule has 0 saturated heterocycles. The quantitative estimate of drug-likeness (QED) is 0.491. The first-order chi connectivity index (χ1) is 11.0. The van der Waals surface area contributed by atoms with E-state index >= 15 is 0 Å². The van der Waals surface area contributed by atoms with Gasteiger partial charge in [0, 0.05) is 24.0 Å². The Hall–Kier alpha value is -1.82. The van der Waals surface area contributed by atoms with Gasteiger partial charge in [-0.1, -0.05) is 40.9 Å². The lowest BCUT2D eigenvalue weighted by Gasteiger charge is -2.14. The molecule has 0 aliphatic carbocycles. The van der Waals surface area contributed by atoms with Crippen LogP contribution in [0.5, 0.6) is 5.75 Å². The minimum absolute atomic E-state index is 0.262. The van der Waals surface area contributed by atoms with E-state index in [9.17, 15) is 4.79 Å². The average molecular weight is 373 g/mol. The van der Waals surface area contributed by atoms with E-state index in [1.807, 2.05) is 0 Å². The molecule has 120 valence electrons. The van der Waals surface area contributed by atoms with Crippen molar-refractivity contribution >= 4 is 46.9 Å². The van der Waals surface area contributed by atoms with Crippen LogP contribution in [0.3, 0.4) is 0 Å². The highest BCUT2D eigenvalue weighted by Crippen LogP contribution is 2.34. The van der Waals surface area contributed by atoms with E-state index in [1.54, 1.807) is 31.5 Å². The van der Waals surface area contributed by atoms with Gasteiger partial charge in [-0.2, -0.15) is 5.10 Å². The van der Waals surface area contributed by atoms with Gasteiger partial charge in [0.1, 0.15) is 5.75 Å². The second-order valence-electron chi connectivity index (χ2n) is 4.48. The molecule has 0 bridgehead atoms. The zero-order valence-electron chi connectivity index (χ0n) is 12.0. The van der Waals surface area contributed by atoms with Crippen molar-refractivity contribution in [2.75, 3.05) is 0 Å². The van der Waals surface area contributed by atoms with E-state index in [1.165, 1.54) is 18.3 Å². The van der Waals surface area contributed by atoms with E-state index in [-0.39, 0.29) is 15.8 Å². The third-order valence-electron chi connectivity index (χ3n) is 2.72. The van der Waals surface area contributed by atoms with Crippen molar-refractivity contribution in [3.63, 3.8) is 0 Å². The number of hydrogen-bond donors (Lipinski definition) is 1. The molecule has 1 amide bonds. The van der Waals surface area contributed by atoms with Crippen LogP contribution in [0.2, 0.25) is 15.1 Å². The summed E-state index contributed by atoms with van der Waals surface area (Å²) in [4.78, 5) is 15.9. The summed E-state index contributed by atoms with van der Waals surface area (Å²) in [6.07, 6.45) is 3.91. The first-order valence-corrected chi connectivity index (χ1v) is 7.65. The summed E-state index contributed by atoms with van der Waals surface area (Å²) in [5.41, 5.74) is 3.13. The molecular formula is C15H12Cl3N3O2. The predicted octanol–water partition coefficient (Wildman–Crippen LogP) is 3.96. The first-order valence-electron chi connectivity index (χ1n) is 6.51. The van der Waals surface area contributed by atoms with Crippen molar-refractivity contribution in [1.29, 1.82) is 0 Å². The van der Waals surface area contributed by atoms with Crippen LogP contribution in [0.4, 0.5) is 0 Å². The Bertz CT molecular complexity index is 723. The van der Waals surface area contributed by atoms with Gasteiger partial charge >= 0.3 is 0 Å². The number of amides is 1. The number of benzene rings is 1. The van der Waals surface area contributed by atoms with Gasteiger partial charge in [0.25, 0.3) is 5.91 Å². The molecule has 2 aromatic rings. The average Bonchev–Trinajstić information content (AvgIpc) is 2.53. The molecule has 8 heteroatoms. The van der Waals surface area contributed by atoms with Crippen LogP contribution < -0.4 is 10.2 Å². The fraction of sp³-hybridized carbons (Fsp3) is 0.133. The normalized spacial score (nSPS) is 12.2. The number of pyridine rings is 1. The Balaban J connectivity index is 1.95. The Labute approximate surface area is 148 Å². The highest BCUT2D eigenvalue weighted by Gasteiger charge is 2.16. The number of rotatable bonds is 5. The summed E-state index contributed by atoms with van der Waals surface area (Å²) in [5.74, 6) is -0.174. The molecule has 1 unspecified atom stereocenters. The van der Waals surface area contributed by atoms with Gasteiger partial charge in [-0.25, -0.2) is 5.43 Å². The summed E-state index contributed by atoms with van der Waals surface area (Å²) in [5, 5.41) is 4.69. The highest BCUT2D eigenvalue weighted by molar-refractivity contribution is 6.43. The van der Waals surface area contributed by atoms with Crippen molar-refractivity contribution in [2.45, 2.75) is 13.0 Å². The molecule has 0 saturated carbocycles. The van der Waals surface area contributed by atoms with Crippen molar-refractivity contribution < 1.29 is 9.53 Å². The highest BCUT2D eigenvalue weighted by atomic mass is 35.5. The van der Waals surface area contributed by atoms with E-state index in [0.717, 1.165) is 5.56 Å². The van der Waals surface area contributed by atoms with Crippen LogP contribution in [0.1, 0.15) is 12.5 Å². The van der Waals surface area contributed by atoms with E-state index in [2.05, 4.69) is 15.5 Å². The Morgan fingerprint density at radius 2 is 2.04 bits per heavy atom. The summed E-state index contributed by atoms with van der Waals surface area (Å²) in [6.45, 7) is 1.56. The number of hydrogen-bond acceptors (Lipinski definition) is 4. The van der Waals surface area contributed by atoms with E-state index < -0.39 is 12.0 Å².